The summed E-state index contributed by atoms with van der Waals surface area (Å²) in [6.45, 7) is 0. The van der Waals surface area contributed by atoms with Crippen molar-refractivity contribution in [1.29, 1.82) is 0 Å². The molecule has 0 aromatic carbocycles. The van der Waals surface area contributed by atoms with Gasteiger partial charge in [-0.3, -0.25) is 4.79 Å². The van der Waals surface area contributed by atoms with Gasteiger partial charge in [-0.1, -0.05) is 0 Å². The predicted octanol–water partition coefficient (Wildman–Crippen LogP) is 0.660. The summed E-state index contributed by atoms with van der Waals surface area (Å²) < 4.78 is 28.9. The van der Waals surface area contributed by atoms with Crippen LogP contribution in [0.4, 0.5) is 23.1 Å². The van der Waals surface area contributed by atoms with Gasteiger partial charge < -0.3 is 21.1 Å². The van der Waals surface area contributed by atoms with Gasteiger partial charge in [0, 0.05) is 24.6 Å². The Morgan fingerprint density at radius 1 is 1.07 bits per heavy atom. The number of sulfone groups is 1. The summed E-state index contributed by atoms with van der Waals surface area (Å²) in [5.74, 6) is 0.0335. The number of primary amides is 1. The maximum absolute atomic E-state index is 12.0. The molecular weight excluding hydrogens is 400 g/mol. The number of rotatable bonds is 7. The van der Waals surface area contributed by atoms with Gasteiger partial charge in [0.05, 0.1) is 12.8 Å². The third kappa shape index (κ3) is 4.70. The molecule has 0 atom stereocenters. The molecule has 0 saturated carbocycles. The van der Waals surface area contributed by atoms with Crippen molar-refractivity contribution in [1.82, 2.24) is 25.4 Å². The lowest BCUT2D eigenvalue weighted by Gasteiger charge is -2.12. The number of nitrogens with zero attached hydrogens (tertiary/aromatic N) is 5. The summed E-state index contributed by atoms with van der Waals surface area (Å²) in [5, 5.41) is 21.0. The lowest BCUT2D eigenvalue weighted by molar-refractivity contribution is 0.0995. The SMILES string of the molecule is COc1ccc(Nc2cc(Nc3ncccc3S(C)(=O)=O)c(C(N)=O)nn2)nn1. The van der Waals surface area contributed by atoms with Crippen molar-refractivity contribution in [3.63, 3.8) is 0 Å². The maximum Gasteiger partial charge on any atom is 0.271 e. The molecule has 0 aliphatic carbocycles. The third-order valence-corrected chi connectivity index (χ3v) is 4.68. The molecule has 0 aliphatic rings. The molecule has 3 aromatic heterocycles. The summed E-state index contributed by atoms with van der Waals surface area (Å²) in [5.41, 5.74) is 5.27. The number of anilines is 4. The fourth-order valence-electron chi connectivity index (χ4n) is 2.27. The molecule has 0 unspecified atom stereocenters. The molecule has 150 valence electrons. The van der Waals surface area contributed by atoms with Gasteiger partial charge in [0.1, 0.15) is 10.7 Å². The van der Waals surface area contributed by atoms with E-state index < -0.39 is 15.7 Å². The average Bonchev–Trinajstić information content (AvgIpc) is 2.68. The number of nitrogens with one attached hydrogen (secondary N) is 2. The predicted molar refractivity (Wildman–Crippen MR) is 103 cm³/mol. The molecule has 3 aromatic rings. The number of hydrogen-bond acceptors (Lipinski definition) is 11. The molecule has 0 aliphatic heterocycles. The van der Waals surface area contributed by atoms with Crippen LogP contribution in [-0.2, 0) is 9.84 Å². The molecule has 4 N–H and O–H groups in total. The zero-order valence-corrected chi connectivity index (χ0v) is 16.1. The Bertz CT molecular complexity index is 1150. The van der Waals surface area contributed by atoms with Crippen molar-refractivity contribution in [3.05, 3.63) is 42.2 Å². The number of hydrogen-bond donors (Lipinski definition) is 3. The highest BCUT2D eigenvalue weighted by atomic mass is 32.2. The van der Waals surface area contributed by atoms with Crippen LogP contribution < -0.4 is 21.1 Å². The van der Waals surface area contributed by atoms with Gasteiger partial charge in [-0.05, 0) is 18.2 Å². The van der Waals surface area contributed by atoms with Gasteiger partial charge in [0.25, 0.3) is 5.91 Å². The van der Waals surface area contributed by atoms with Crippen LogP contribution in [0.1, 0.15) is 10.5 Å². The lowest BCUT2D eigenvalue weighted by Crippen LogP contribution is -2.17. The summed E-state index contributed by atoms with van der Waals surface area (Å²) in [7, 11) is -2.11. The monoisotopic (exact) mass is 416 g/mol. The summed E-state index contributed by atoms with van der Waals surface area (Å²) >= 11 is 0. The average molecular weight is 416 g/mol. The van der Waals surface area contributed by atoms with Crippen LogP contribution in [0.15, 0.2) is 41.4 Å². The number of aromatic nitrogens is 5. The second-order valence-corrected chi connectivity index (χ2v) is 7.67. The van der Waals surface area contributed by atoms with Crippen molar-refractivity contribution < 1.29 is 17.9 Å². The van der Waals surface area contributed by atoms with E-state index in [2.05, 4.69) is 36.0 Å². The van der Waals surface area contributed by atoms with Crippen molar-refractivity contribution in [3.8, 4) is 5.88 Å². The number of pyridine rings is 1. The van der Waals surface area contributed by atoms with E-state index in [1.54, 1.807) is 12.1 Å². The highest BCUT2D eigenvalue weighted by molar-refractivity contribution is 7.90. The Balaban J connectivity index is 1.97. The molecule has 12 nitrogen and oxygen atoms in total. The number of carbonyl (C=O) groups is 1. The Hall–Kier alpha value is -3.87. The van der Waals surface area contributed by atoms with E-state index in [1.807, 2.05) is 0 Å². The smallest absolute Gasteiger partial charge is 0.271 e. The standard InChI is InChI=1S/C16H16N8O4S/c1-28-13-6-5-11(21-23-13)20-12-8-9(14(15(17)25)24-22-12)19-16-10(29(2,26)27)4-3-7-18-16/h3-8H,1-2H3,(H2,17,25)(H2,18,19,20,21,22). The topological polar surface area (TPSA) is 175 Å². The van der Waals surface area contributed by atoms with E-state index in [0.29, 0.717) is 11.7 Å². The third-order valence-electron chi connectivity index (χ3n) is 3.56. The van der Waals surface area contributed by atoms with Crippen LogP contribution in [-0.4, -0.2) is 53.1 Å². The van der Waals surface area contributed by atoms with Crippen molar-refractivity contribution >= 4 is 38.9 Å². The molecule has 1 amide bonds. The van der Waals surface area contributed by atoms with E-state index in [4.69, 9.17) is 10.5 Å². The van der Waals surface area contributed by atoms with Crippen LogP contribution in [0.5, 0.6) is 5.88 Å². The van der Waals surface area contributed by atoms with E-state index in [9.17, 15) is 13.2 Å². The molecule has 0 bridgehead atoms. The van der Waals surface area contributed by atoms with Crippen LogP contribution in [0.3, 0.4) is 0 Å². The minimum Gasteiger partial charge on any atom is -0.480 e. The van der Waals surface area contributed by atoms with Crippen molar-refractivity contribution in [2.75, 3.05) is 24.0 Å². The first-order valence-corrected chi connectivity index (χ1v) is 9.91. The summed E-state index contributed by atoms with van der Waals surface area (Å²) in [6.07, 6.45) is 2.45. The minimum absolute atomic E-state index is 0.0145. The fraction of sp³-hybridized carbons (Fsp3) is 0.125. The molecule has 0 spiro atoms. The van der Waals surface area contributed by atoms with E-state index in [0.717, 1.165) is 6.26 Å². The zero-order chi connectivity index (χ0) is 21.0. The molecule has 29 heavy (non-hydrogen) atoms. The minimum atomic E-state index is -3.57. The number of amides is 1. The van der Waals surface area contributed by atoms with Gasteiger partial charge in [-0.15, -0.1) is 20.4 Å². The number of nitrogens with two attached hydrogens (primary N) is 1. The number of carbonyl (C=O) groups excluding carboxylic acids is 1. The van der Waals surface area contributed by atoms with E-state index in [1.165, 1.54) is 31.5 Å². The van der Waals surface area contributed by atoms with Gasteiger partial charge in [-0.25, -0.2) is 13.4 Å². The van der Waals surface area contributed by atoms with Crippen LogP contribution in [0.25, 0.3) is 0 Å². The zero-order valence-electron chi connectivity index (χ0n) is 15.3. The molecular formula is C16H16N8O4S. The highest BCUT2D eigenvalue weighted by Gasteiger charge is 2.18. The van der Waals surface area contributed by atoms with Crippen molar-refractivity contribution in [2.45, 2.75) is 4.90 Å². The van der Waals surface area contributed by atoms with Crippen LogP contribution in [0, 0.1) is 0 Å². The second kappa shape index (κ2) is 8.02. The second-order valence-electron chi connectivity index (χ2n) is 5.69. The summed E-state index contributed by atoms with van der Waals surface area (Å²) in [6, 6.07) is 7.47. The maximum atomic E-state index is 12.0. The summed E-state index contributed by atoms with van der Waals surface area (Å²) in [4.78, 5) is 15.7. The van der Waals surface area contributed by atoms with Crippen LogP contribution in [0.2, 0.25) is 0 Å². The van der Waals surface area contributed by atoms with Gasteiger partial charge in [0.15, 0.2) is 27.2 Å². The first-order valence-electron chi connectivity index (χ1n) is 8.02. The molecule has 13 heteroatoms. The lowest BCUT2D eigenvalue weighted by atomic mass is 10.3. The van der Waals surface area contributed by atoms with Crippen LogP contribution >= 0.6 is 0 Å². The quantitative estimate of drug-likeness (QED) is 0.493. The molecule has 3 heterocycles. The normalized spacial score (nSPS) is 11.0. The van der Waals surface area contributed by atoms with Gasteiger partial charge >= 0.3 is 0 Å². The van der Waals surface area contributed by atoms with Gasteiger partial charge in [0.2, 0.25) is 5.88 Å². The van der Waals surface area contributed by atoms with E-state index >= 15 is 0 Å². The van der Waals surface area contributed by atoms with Gasteiger partial charge in [-0.2, -0.15) is 0 Å². The number of methoxy groups -OCH3 is 1. The molecule has 0 radical (unpaired) electrons. The molecule has 0 saturated heterocycles. The highest BCUT2D eigenvalue weighted by Crippen LogP contribution is 2.26. The molecule has 3 rings (SSSR count). The Morgan fingerprint density at radius 3 is 2.45 bits per heavy atom. The first kappa shape index (κ1) is 19.9. The van der Waals surface area contributed by atoms with Crippen molar-refractivity contribution in [2.24, 2.45) is 5.73 Å². The fourth-order valence-corrected chi connectivity index (χ4v) is 3.05. The van der Waals surface area contributed by atoms with E-state index in [-0.39, 0.29) is 27.9 Å². The Kier molecular flexibility index (Phi) is 5.50. The first-order chi connectivity index (χ1) is 13.8. The largest absolute Gasteiger partial charge is 0.480 e. The number of ether oxygens (including phenoxy) is 1. The molecule has 0 fully saturated rings. The Labute approximate surface area is 165 Å². The Morgan fingerprint density at radius 2 is 1.83 bits per heavy atom.